The van der Waals surface area contributed by atoms with E-state index in [1.807, 2.05) is 36.4 Å². The van der Waals surface area contributed by atoms with Gasteiger partial charge in [0.1, 0.15) is 0 Å². The van der Waals surface area contributed by atoms with Crippen molar-refractivity contribution < 1.29 is 4.79 Å². The van der Waals surface area contributed by atoms with Crippen LogP contribution in [-0.2, 0) is 11.2 Å². The standard InChI is InChI=1S/C12H14N2O/c13-8-4-7-12(15)11(14)9-10-5-2-1-3-6-10/h1-3,5-6,11H,4,7,9,14H2/t11-/m1/s1. The lowest BCUT2D eigenvalue weighted by Gasteiger charge is -2.09. The summed E-state index contributed by atoms with van der Waals surface area (Å²) in [6.07, 6.45) is 1.05. The molecule has 3 nitrogen and oxygen atoms in total. The summed E-state index contributed by atoms with van der Waals surface area (Å²) in [4.78, 5) is 11.4. The molecular formula is C12H14N2O. The minimum absolute atomic E-state index is 0.0413. The Bertz CT molecular complexity index is 354. The van der Waals surface area contributed by atoms with Crippen LogP contribution in [0, 0.1) is 11.3 Å². The Morgan fingerprint density at radius 1 is 1.40 bits per heavy atom. The molecule has 1 aromatic rings. The molecule has 0 bridgehead atoms. The zero-order valence-electron chi connectivity index (χ0n) is 8.52. The number of ketones is 1. The zero-order chi connectivity index (χ0) is 11.1. The van der Waals surface area contributed by atoms with Gasteiger partial charge in [-0.3, -0.25) is 4.79 Å². The Kier molecular flexibility index (Phi) is 4.52. The Morgan fingerprint density at radius 2 is 2.07 bits per heavy atom. The zero-order valence-corrected chi connectivity index (χ0v) is 8.52. The van der Waals surface area contributed by atoms with Crippen LogP contribution in [0.2, 0.25) is 0 Å². The molecule has 0 aliphatic rings. The molecule has 0 saturated heterocycles. The summed E-state index contributed by atoms with van der Waals surface area (Å²) in [5.41, 5.74) is 6.78. The molecule has 0 unspecified atom stereocenters. The van der Waals surface area contributed by atoms with E-state index >= 15 is 0 Å². The molecule has 15 heavy (non-hydrogen) atoms. The van der Waals surface area contributed by atoms with E-state index in [0.717, 1.165) is 5.56 Å². The second kappa shape index (κ2) is 5.94. The van der Waals surface area contributed by atoms with E-state index in [-0.39, 0.29) is 18.6 Å². The molecule has 78 valence electrons. The molecule has 0 amide bonds. The van der Waals surface area contributed by atoms with E-state index in [2.05, 4.69) is 0 Å². The molecule has 0 spiro atoms. The number of hydrogen-bond acceptors (Lipinski definition) is 3. The topological polar surface area (TPSA) is 66.9 Å². The number of carbonyl (C=O) groups excluding carboxylic acids is 1. The third-order valence-corrected chi connectivity index (χ3v) is 2.20. The molecule has 0 aromatic heterocycles. The van der Waals surface area contributed by atoms with Gasteiger partial charge in [-0.2, -0.15) is 5.26 Å². The maximum Gasteiger partial charge on any atom is 0.150 e. The van der Waals surface area contributed by atoms with Crippen LogP contribution in [0.5, 0.6) is 0 Å². The summed E-state index contributed by atoms with van der Waals surface area (Å²) in [7, 11) is 0. The highest BCUT2D eigenvalue weighted by Crippen LogP contribution is 2.04. The first-order chi connectivity index (χ1) is 7.24. The van der Waals surface area contributed by atoms with Gasteiger partial charge in [0.2, 0.25) is 0 Å². The second-order valence-electron chi connectivity index (χ2n) is 3.42. The number of benzene rings is 1. The van der Waals surface area contributed by atoms with Gasteiger partial charge in [0.05, 0.1) is 12.1 Å². The molecule has 1 aromatic carbocycles. The van der Waals surface area contributed by atoms with Gasteiger partial charge in [-0.05, 0) is 12.0 Å². The highest BCUT2D eigenvalue weighted by atomic mass is 16.1. The molecule has 0 radical (unpaired) electrons. The molecule has 1 rings (SSSR count). The van der Waals surface area contributed by atoms with Crippen molar-refractivity contribution in [3.05, 3.63) is 35.9 Å². The second-order valence-corrected chi connectivity index (χ2v) is 3.42. The van der Waals surface area contributed by atoms with Crippen LogP contribution in [0.25, 0.3) is 0 Å². The summed E-state index contributed by atoms with van der Waals surface area (Å²) in [6, 6.07) is 11.1. The maximum absolute atomic E-state index is 11.4. The lowest BCUT2D eigenvalue weighted by molar-refractivity contribution is -0.120. The Labute approximate surface area is 89.5 Å². The van der Waals surface area contributed by atoms with Crippen LogP contribution in [0.15, 0.2) is 30.3 Å². The lowest BCUT2D eigenvalue weighted by Crippen LogP contribution is -2.32. The van der Waals surface area contributed by atoms with E-state index in [1.165, 1.54) is 0 Å². The number of rotatable bonds is 5. The highest BCUT2D eigenvalue weighted by molar-refractivity contribution is 5.84. The molecule has 0 fully saturated rings. The van der Waals surface area contributed by atoms with Crippen LogP contribution in [0.4, 0.5) is 0 Å². The predicted octanol–water partition coefficient (Wildman–Crippen LogP) is 1.43. The summed E-state index contributed by atoms with van der Waals surface area (Å²) >= 11 is 0. The molecule has 0 aliphatic heterocycles. The quantitative estimate of drug-likeness (QED) is 0.785. The third kappa shape index (κ3) is 3.92. The van der Waals surface area contributed by atoms with Crippen molar-refractivity contribution in [2.75, 3.05) is 0 Å². The van der Waals surface area contributed by atoms with Gasteiger partial charge in [0.25, 0.3) is 0 Å². The van der Waals surface area contributed by atoms with Gasteiger partial charge in [-0.15, -0.1) is 0 Å². The molecule has 2 N–H and O–H groups in total. The van der Waals surface area contributed by atoms with E-state index in [9.17, 15) is 4.79 Å². The number of hydrogen-bond donors (Lipinski definition) is 1. The van der Waals surface area contributed by atoms with Gasteiger partial charge >= 0.3 is 0 Å². The summed E-state index contributed by atoms with van der Waals surface area (Å²) < 4.78 is 0. The van der Waals surface area contributed by atoms with Crippen LogP contribution >= 0.6 is 0 Å². The van der Waals surface area contributed by atoms with Crippen molar-refractivity contribution in [1.82, 2.24) is 0 Å². The molecule has 1 atom stereocenters. The van der Waals surface area contributed by atoms with Crippen molar-refractivity contribution >= 4 is 5.78 Å². The predicted molar refractivity (Wildman–Crippen MR) is 58.0 cm³/mol. The summed E-state index contributed by atoms with van der Waals surface area (Å²) in [5.74, 6) is -0.0413. The van der Waals surface area contributed by atoms with E-state index in [4.69, 9.17) is 11.0 Å². The number of Topliss-reactive ketones (excluding diaryl/α,β-unsaturated/α-hetero) is 1. The number of nitrogens with zero attached hydrogens (tertiary/aromatic N) is 1. The van der Waals surface area contributed by atoms with Crippen molar-refractivity contribution in [3.63, 3.8) is 0 Å². The van der Waals surface area contributed by atoms with Gasteiger partial charge in [-0.1, -0.05) is 30.3 Å². The van der Waals surface area contributed by atoms with Crippen molar-refractivity contribution in [2.45, 2.75) is 25.3 Å². The van der Waals surface area contributed by atoms with Gasteiger partial charge in [-0.25, -0.2) is 0 Å². The van der Waals surface area contributed by atoms with Crippen molar-refractivity contribution in [1.29, 1.82) is 5.26 Å². The first kappa shape index (κ1) is 11.4. The van der Waals surface area contributed by atoms with Crippen LogP contribution in [-0.4, -0.2) is 11.8 Å². The Morgan fingerprint density at radius 3 is 2.67 bits per heavy atom. The molecular weight excluding hydrogens is 188 g/mol. The molecule has 0 heterocycles. The van der Waals surface area contributed by atoms with Crippen LogP contribution in [0.1, 0.15) is 18.4 Å². The maximum atomic E-state index is 11.4. The average Bonchev–Trinajstić information content (AvgIpc) is 2.27. The van der Waals surface area contributed by atoms with E-state index < -0.39 is 6.04 Å². The third-order valence-electron chi connectivity index (χ3n) is 2.20. The number of nitrogens with two attached hydrogens (primary N) is 1. The normalized spacial score (nSPS) is 11.7. The van der Waals surface area contributed by atoms with Gasteiger partial charge in [0.15, 0.2) is 5.78 Å². The Balaban J connectivity index is 2.46. The fourth-order valence-electron chi connectivity index (χ4n) is 1.35. The molecule has 0 saturated carbocycles. The SMILES string of the molecule is N#CCCC(=O)[C@H](N)Cc1ccccc1. The largest absolute Gasteiger partial charge is 0.321 e. The van der Waals surface area contributed by atoms with Gasteiger partial charge < -0.3 is 5.73 Å². The first-order valence-electron chi connectivity index (χ1n) is 4.93. The van der Waals surface area contributed by atoms with E-state index in [0.29, 0.717) is 6.42 Å². The number of carbonyl (C=O) groups is 1. The molecule has 0 aliphatic carbocycles. The van der Waals surface area contributed by atoms with Crippen LogP contribution in [0.3, 0.4) is 0 Å². The minimum Gasteiger partial charge on any atom is -0.321 e. The smallest absolute Gasteiger partial charge is 0.150 e. The first-order valence-corrected chi connectivity index (χ1v) is 4.93. The summed E-state index contributed by atoms with van der Waals surface area (Å²) in [5, 5.41) is 8.34. The highest BCUT2D eigenvalue weighted by Gasteiger charge is 2.12. The van der Waals surface area contributed by atoms with Crippen molar-refractivity contribution in [3.8, 4) is 6.07 Å². The fraction of sp³-hybridized carbons (Fsp3) is 0.333. The monoisotopic (exact) mass is 202 g/mol. The molecule has 3 heteroatoms. The van der Waals surface area contributed by atoms with Gasteiger partial charge in [0, 0.05) is 12.8 Å². The minimum atomic E-state index is -0.485. The average molecular weight is 202 g/mol. The Hall–Kier alpha value is -1.66. The van der Waals surface area contributed by atoms with Crippen molar-refractivity contribution in [2.24, 2.45) is 5.73 Å². The number of nitriles is 1. The van der Waals surface area contributed by atoms with Crippen LogP contribution < -0.4 is 5.73 Å². The lowest BCUT2D eigenvalue weighted by atomic mass is 10.0. The summed E-state index contributed by atoms with van der Waals surface area (Å²) in [6.45, 7) is 0. The fourth-order valence-corrected chi connectivity index (χ4v) is 1.35. The van der Waals surface area contributed by atoms with E-state index in [1.54, 1.807) is 0 Å².